The summed E-state index contributed by atoms with van der Waals surface area (Å²) in [4.78, 5) is 2.48. The summed E-state index contributed by atoms with van der Waals surface area (Å²) in [6, 6.07) is 57.0. The van der Waals surface area contributed by atoms with E-state index in [1.54, 1.807) is 24.3 Å². The summed E-state index contributed by atoms with van der Waals surface area (Å²) in [6.45, 7) is 0.0385. The van der Waals surface area contributed by atoms with Gasteiger partial charge in [-0.1, -0.05) is 138 Å². The predicted molar refractivity (Wildman–Crippen MR) is 198 cm³/mol. The van der Waals surface area contributed by atoms with Crippen LogP contribution in [0.4, 0.5) is 17.1 Å². The molecule has 47 heavy (non-hydrogen) atoms. The Morgan fingerprint density at radius 2 is 0.830 bits per heavy atom. The fourth-order valence-electron chi connectivity index (χ4n) is 7.66. The van der Waals surface area contributed by atoms with Gasteiger partial charge in [0.1, 0.15) is 11.5 Å². The average Bonchev–Trinajstić information content (AvgIpc) is 3.12. The summed E-state index contributed by atoms with van der Waals surface area (Å²) in [6.07, 6.45) is 0. The van der Waals surface area contributed by atoms with E-state index in [9.17, 15) is 10.2 Å². The van der Waals surface area contributed by atoms with E-state index in [4.69, 9.17) is 0 Å². The van der Waals surface area contributed by atoms with E-state index in [-0.39, 0.29) is 24.9 Å². The van der Waals surface area contributed by atoms with Crippen LogP contribution < -0.4 is 37.7 Å². The molecular weight excluding hydrogens is 572 g/mol. The minimum atomic E-state index is 0.00354. The number of aromatic hydroxyl groups is 2. The lowest BCUT2D eigenvalue weighted by atomic mass is 9.30. The summed E-state index contributed by atoms with van der Waals surface area (Å²) in [5, 5.41) is 20.1. The number of rotatable bonds is 4. The van der Waals surface area contributed by atoms with Crippen molar-refractivity contribution in [2.45, 2.75) is 0 Å². The Morgan fingerprint density at radius 3 is 1.40 bits per heavy atom. The number of phenols is 2. The predicted octanol–water partition coefficient (Wildman–Crippen LogP) is 5.56. The first kappa shape index (κ1) is 27.4. The first-order valence-electron chi connectivity index (χ1n) is 16.0. The van der Waals surface area contributed by atoms with Crippen LogP contribution in [-0.2, 0) is 0 Å². The summed E-state index contributed by atoms with van der Waals surface area (Å²) in [5.74, 6) is 0.520. The Morgan fingerprint density at radius 1 is 0.362 bits per heavy atom. The largest absolute Gasteiger partial charge is 0.508 e. The molecule has 0 radical (unpaired) electrons. The number of hydrogen-bond acceptors (Lipinski definition) is 3. The molecule has 2 heterocycles. The van der Waals surface area contributed by atoms with Crippen LogP contribution in [0.5, 0.6) is 11.5 Å². The highest BCUT2D eigenvalue weighted by atomic mass is 16.3. The van der Waals surface area contributed by atoms with Gasteiger partial charge in [0.25, 0.3) is 0 Å². The second-order valence-electron chi connectivity index (χ2n) is 12.5. The Bertz CT molecular complexity index is 2250. The van der Waals surface area contributed by atoms with Crippen molar-refractivity contribution in [3.63, 3.8) is 0 Å². The molecule has 2 aliphatic heterocycles. The van der Waals surface area contributed by atoms with Gasteiger partial charge in [0, 0.05) is 17.1 Å². The molecule has 0 atom stereocenters. The van der Waals surface area contributed by atoms with Gasteiger partial charge in [-0.25, -0.2) is 0 Å². The highest BCUT2D eigenvalue weighted by Gasteiger charge is 2.43. The van der Waals surface area contributed by atoms with Gasteiger partial charge in [-0.3, -0.25) is 0 Å². The maximum atomic E-state index is 10.1. The highest BCUT2D eigenvalue weighted by molar-refractivity contribution is 7.02. The van der Waals surface area contributed by atoms with Crippen LogP contribution in [0, 0.1) is 0 Å². The van der Waals surface area contributed by atoms with E-state index < -0.39 is 0 Å². The van der Waals surface area contributed by atoms with Crippen molar-refractivity contribution in [2.75, 3.05) is 4.90 Å². The van der Waals surface area contributed by atoms with Crippen molar-refractivity contribution in [3.8, 4) is 33.8 Å². The first-order chi connectivity index (χ1) is 23.1. The van der Waals surface area contributed by atoms with Crippen molar-refractivity contribution in [1.82, 2.24) is 0 Å². The molecule has 220 valence electrons. The van der Waals surface area contributed by atoms with Gasteiger partial charge in [-0.15, -0.1) is 0 Å². The minimum Gasteiger partial charge on any atom is -0.508 e. The van der Waals surface area contributed by atoms with Crippen molar-refractivity contribution >= 4 is 63.3 Å². The van der Waals surface area contributed by atoms with E-state index in [1.165, 1.54) is 44.2 Å². The second kappa shape index (κ2) is 10.9. The van der Waals surface area contributed by atoms with Crippen molar-refractivity contribution in [1.29, 1.82) is 0 Å². The van der Waals surface area contributed by atoms with Crippen molar-refractivity contribution in [2.24, 2.45) is 0 Å². The monoisotopic (exact) mass is 601 g/mol. The van der Waals surface area contributed by atoms with E-state index in [1.807, 2.05) is 24.3 Å². The fraction of sp³-hybridized carbons (Fsp3) is 0. The lowest BCUT2D eigenvalue weighted by Crippen LogP contribution is -2.65. The quantitative estimate of drug-likeness (QED) is 0.260. The fourth-order valence-corrected chi connectivity index (χ4v) is 7.66. The van der Waals surface area contributed by atoms with Crippen LogP contribution in [0.25, 0.3) is 22.3 Å². The molecule has 0 aromatic heterocycles. The molecule has 0 fully saturated rings. The summed E-state index contributed by atoms with van der Waals surface area (Å²) in [7, 11) is 0. The number of nitrogens with zero attached hydrogens (tertiary/aromatic N) is 1. The van der Waals surface area contributed by atoms with Crippen molar-refractivity contribution < 1.29 is 10.2 Å². The third kappa shape index (κ3) is 4.46. The zero-order valence-corrected chi connectivity index (χ0v) is 25.6. The summed E-state index contributed by atoms with van der Waals surface area (Å²) >= 11 is 0. The zero-order chi connectivity index (χ0) is 31.5. The van der Waals surface area contributed by atoms with Gasteiger partial charge in [0.2, 0.25) is 13.4 Å². The molecule has 0 unspecified atom stereocenters. The normalized spacial score (nSPS) is 12.7. The number of fused-ring (bicyclic) bond motifs is 4. The number of phenolic OH excluding ortho intramolecular Hbond substituents is 2. The van der Waals surface area contributed by atoms with Crippen LogP contribution in [0.15, 0.2) is 164 Å². The van der Waals surface area contributed by atoms with Gasteiger partial charge in [0.15, 0.2) is 0 Å². The van der Waals surface area contributed by atoms with Crippen LogP contribution >= 0.6 is 0 Å². The van der Waals surface area contributed by atoms with Gasteiger partial charge < -0.3 is 15.1 Å². The number of anilines is 3. The van der Waals surface area contributed by atoms with Crippen LogP contribution in [0.3, 0.4) is 0 Å². The minimum absolute atomic E-state index is 0.00354. The molecule has 0 saturated carbocycles. The second-order valence-corrected chi connectivity index (χ2v) is 12.5. The highest BCUT2D eigenvalue weighted by Crippen LogP contribution is 2.40. The third-order valence-corrected chi connectivity index (χ3v) is 9.75. The van der Waals surface area contributed by atoms with Gasteiger partial charge in [-0.05, 0) is 80.5 Å². The number of para-hydroxylation sites is 1. The molecule has 5 heteroatoms. The molecule has 3 nitrogen and oxygen atoms in total. The third-order valence-electron chi connectivity index (χ3n) is 9.75. The maximum Gasteiger partial charge on any atom is 0.246 e. The molecule has 0 bridgehead atoms. The molecule has 2 aliphatic rings. The van der Waals surface area contributed by atoms with Crippen molar-refractivity contribution in [3.05, 3.63) is 164 Å². The summed E-state index contributed by atoms with van der Waals surface area (Å²) in [5.41, 5.74) is 15.5. The summed E-state index contributed by atoms with van der Waals surface area (Å²) < 4.78 is 0. The lowest BCUT2D eigenvalue weighted by molar-refractivity contribution is 0.475. The Hall–Kier alpha value is -5.93. The smallest absolute Gasteiger partial charge is 0.246 e. The zero-order valence-electron chi connectivity index (χ0n) is 25.6. The molecule has 0 spiro atoms. The van der Waals surface area contributed by atoms with Crippen LogP contribution in [0.2, 0.25) is 0 Å². The lowest BCUT2D eigenvalue weighted by Gasteiger charge is -2.44. The Kier molecular flexibility index (Phi) is 6.32. The molecule has 0 amide bonds. The number of hydrogen-bond donors (Lipinski definition) is 2. The Balaban J connectivity index is 1.39. The van der Waals surface area contributed by atoms with E-state index in [0.29, 0.717) is 0 Å². The first-order valence-corrected chi connectivity index (χ1v) is 16.0. The average molecular weight is 601 g/mol. The van der Waals surface area contributed by atoms with Crippen LogP contribution in [-0.4, -0.2) is 23.6 Å². The molecular formula is C42H29B2NO2. The SMILES string of the molecule is Oc1ccc(-c2cc3c4c(c2)B(c2ccccc2)c2ccc(-c5ccc(O)cc5)cc2N4c2ccccc2B3c2ccccc2)cc1. The van der Waals surface area contributed by atoms with Gasteiger partial charge in [0.05, 0.1) is 0 Å². The molecule has 7 aromatic carbocycles. The molecule has 7 aromatic rings. The number of benzene rings is 7. The molecule has 9 rings (SSSR count). The van der Waals surface area contributed by atoms with Gasteiger partial charge >= 0.3 is 0 Å². The molecule has 0 saturated heterocycles. The topological polar surface area (TPSA) is 43.7 Å². The van der Waals surface area contributed by atoms with E-state index in [2.05, 4.69) is 120 Å². The van der Waals surface area contributed by atoms with Gasteiger partial charge in [-0.2, -0.15) is 0 Å². The maximum absolute atomic E-state index is 10.1. The van der Waals surface area contributed by atoms with E-state index >= 15 is 0 Å². The molecule has 2 N–H and O–H groups in total. The molecule has 0 aliphatic carbocycles. The Labute approximate surface area is 275 Å². The van der Waals surface area contributed by atoms with E-state index in [0.717, 1.165) is 27.9 Å². The van der Waals surface area contributed by atoms with Crippen LogP contribution in [0.1, 0.15) is 0 Å². The standard InChI is InChI=1S/C42H29B2NO2/c46-34-20-15-28(16-21-34)30-19-24-37-41(27-30)45-40-14-8-7-13-36(40)43(32-9-3-1-4-10-32)38-25-31(29-17-22-35(47)23-18-29)26-39(42(38)45)44(37)33-11-5-2-6-12-33/h1-27,46-47H.